The third-order valence-electron chi connectivity index (χ3n) is 3.69. The number of carbonyl (C=O) groups is 1. The molecular weight excluding hydrogens is 221 g/mol. The van der Waals surface area contributed by atoms with Crippen molar-refractivity contribution in [3.8, 4) is 0 Å². The van der Waals surface area contributed by atoms with Crippen molar-refractivity contribution in [3.05, 3.63) is 35.6 Å². The second kappa shape index (κ2) is 4.45. The van der Waals surface area contributed by atoms with Gasteiger partial charge >= 0.3 is 5.97 Å². The van der Waals surface area contributed by atoms with Crippen molar-refractivity contribution >= 4 is 5.97 Å². The molecule has 0 spiro atoms. The summed E-state index contributed by atoms with van der Waals surface area (Å²) in [4.78, 5) is 11.5. The quantitative estimate of drug-likeness (QED) is 0.827. The predicted molar refractivity (Wildman–Crippen MR) is 62.2 cm³/mol. The number of halogens is 1. The number of benzene rings is 1. The SMILES string of the molecule is NC1CCC(C(=O)O)(c2ccc(F)cc2)CC1. The van der Waals surface area contributed by atoms with E-state index in [0.717, 1.165) is 0 Å². The van der Waals surface area contributed by atoms with Crippen molar-refractivity contribution in [1.29, 1.82) is 0 Å². The summed E-state index contributed by atoms with van der Waals surface area (Å²) >= 11 is 0. The summed E-state index contributed by atoms with van der Waals surface area (Å²) in [6, 6.07) is 5.85. The van der Waals surface area contributed by atoms with Gasteiger partial charge in [-0.2, -0.15) is 0 Å². The molecule has 1 aliphatic rings. The molecule has 0 amide bonds. The van der Waals surface area contributed by atoms with Crippen molar-refractivity contribution in [2.75, 3.05) is 0 Å². The van der Waals surface area contributed by atoms with Crippen LogP contribution in [0.5, 0.6) is 0 Å². The summed E-state index contributed by atoms with van der Waals surface area (Å²) in [7, 11) is 0. The largest absolute Gasteiger partial charge is 0.481 e. The summed E-state index contributed by atoms with van der Waals surface area (Å²) < 4.78 is 12.9. The average Bonchev–Trinajstić information content (AvgIpc) is 2.31. The van der Waals surface area contributed by atoms with Gasteiger partial charge in [0.15, 0.2) is 0 Å². The number of aliphatic carboxylic acids is 1. The minimum Gasteiger partial charge on any atom is -0.481 e. The van der Waals surface area contributed by atoms with Gasteiger partial charge < -0.3 is 10.8 Å². The third kappa shape index (κ3) is 2.17. The molecule has 3 nitrogen and oxygen atoms in total. The number of hydrogen-bond donors (Lipinski definition) is 2. The smallest absolute Gasteiger partial charge is 0.314 e. The highest BCUT2D eigenvalue weighted by atomic mass is 19.1. The van der Waals surface area contributed by atoms with E-state index < -0.39 is 11.4 Å². The van der Waals surface area contributed by atoms with Crippen LogP contribution in [0.25, 0.3) is 0 Å². The van der Waals surface area contributed by atoms with Crippen LogP contribution in [0, 0.1) is 5.82 Å². The molecule has 2 rings (SSSR count). The fraction of sp³-hybridized carbons (Fsp3) is 0.462. The summed E-state index contributed by atoms with van der Waals surface area (Å²) in [5.74, 6) is -1.18. The van der Waals surface area contributed by atoms with Gasteiger partial charge in [0.1, 0.15) is 5.82 Å². The lowest BCUT2D eigenvalue weighted by molar-refractivity contribution is -0.145. The highest BCUT2D eigenvalue weighted by Gasteiger charge is 2.42. The van der Waals surface area contributed by atoms with Crippen LogP contribution >= 0.6 is 0 Å². The molecule has 0 unspecified atom stereocenters. The Labute approximate surface area is 99.4 Å². The van der Waals surface area contributed by atoms with Crippen LogP contribution in [0.1, 0.15) is 31.2 Å². The molecule has 0 aliphatic heterocycles. The molecule has 0 aromatic heterocycles. The summed E-state index contributed by atoms with van der Waals surface area (Å²) in [6.07, 6.45) is 2.44. The molecular formula is C13H16FNO2. The minimum atomic E-state index is -0.885. The number of nitrogens with two attached hydrogens (primary N) is 1. The van der Waals surface area contributed by atoms with Crippen LogP contribution in [-0.4, -0.2) is 17.1 Å². The Kier molecular flexibility index (Phi) is 3.15. The Balaban J connectivity index is 2.35. The first-order valence-electron chi connectivity index (χ1n) is 5.80. The summed E-state index contributed by atoms with van der Waals surface area (Å²) in [5.41, 5.74) is 5.60. The zero-order valence-corrected chi connectivity index (χ0v) is 9.53. The van der Waals surface area contributed by atoms with Crippen LogP contribution in [0.3, 0.4) is 0 Å². The van der Waals surface area contributed by atoms with Gasteiger partial charge in [0.05, 0.1) is 5.41 Å². The van der Waals surface area contributed by atoms with E-state index in [2.05, 4.69) is 0 Å². The monoisotopic (exact) mass is 237 g/mol. The van der Waals surface area contributed by atoms with Crippen molar-refractivity contribution in [2.24, 2.45) is 5.73 Å². The van der Waals surface area contributed by atoms with Gasteiger partial charge in [0, 0.05) is 6.04 Å². The lowest BCUT2D eigenvalue weighted by Gasteiger charge is -2.36. The Morgan fingerprint density at radius 3 is 2.29 bits per heavy atom. The lowest BCUT2D eigenvalue weighted by atomic mass is 9.68. The number of carboxylic acid groups (broad SMARTS) is 1. The maximum Gasteiger partial charge on any atom is 0.314 e. The number of carboxylic acids is 1. The molecule has 0 atom stereocenters. The summed E-state index contributed by atoms with van der Waals surface area (Å²) in [6.45, 7) is 0. The maximum atomic E-state index is 12.9. The molecule has 1 aromatic rings. The van der Waals surface area contributed by atoms with E-state index in [1.165, 1.54) is 12.1 Å². The first-order chi connectivity index (χ1) is 8.04. The maximum absolute atomic E-state index is 12.9. The highest BCUT2D eigenvalue weighted by molar-refractivity contribution is 5.81. The molecule has 1 saturated carbocycles. The van der Waals surface area contributed by atoms with E-state index in [9.17, 15) is 14.3 Å². The van der Waals surface area contributed by atoms with Crippen molar-refractivity contribution in [1.82, 2.24) is 0 Å². The van der Waals surface area contributed by atoms with Gasteiger partial charge in [-0.3, -0.25) is 4.79 Å². The molecule has 1 fully saturated rings. The molecule has 1 aromatic carbocycles. The van der Waals surface area contributed by atoms with E-state index >= 15 is 0 Å². The van der Waals surface area contributed by atoms with Crippen LogP contribution in [0.2, 0.25) is 0 Å². The fourth-order valence-corrected chi connectivity index (χ4v) is 2.53. The fourth-order valence-electron chi connectivity index (χ4n) is 2.53. The zero-order valence-electron chi connectivity index (χ0n) is 9.53. The van der Waals surface area contributed by atoms with E-state index in [1.807, 2.05) is 0 Å². The highest BCUT2D eigenvalue weighted by Crippen LogP contribution is 2.39. The minimum absolute atomic E-state index is 0.0860. The van der Waals surface area contributed by atoms with Gasteiger partial charge in [0.2, 0.25) is 0 Å². The van der Waals surface area contributed by atoms with Gasteiger partial charge in [0.25, 0.3) is 0 Å². The lowest BCUT2D eigenvalue weighted by Crippen LogP contribution is -2.42. The van der Waals surface area contributed by atoms with Crippen molar-refractivity contribution < 1.29 is 14.3 Å². The molecule has 3 N–H and O–H groups in total. The van der Waals surface area contributed by atoms with Crippen molar-refractivity contribution in [2.45, 2.75) is 37.1 Å². The predicted octanol–water partition coefficient (Wildman–Crippen LogP) is 2.05. The van der Waals surface area contributed by atoms with Crippen molar-refractivity contribution in [3.63, 3.8) is 0 Å². The standard InChI is InChI=1S/C13H16FNO2/c14-10-3-1-9(2-4-10)13(12(16)17)7-5-11(15)6-8-13/h1-4,11H,5-8,15H2,(H,16,17). The molecule has 0 saturated heterocycles. The van der Waals surface area contributed by atoms with Crippen LogP contribution in [-0.2, 0) is 10.2 Å². The van der Waals surface area contributed by atoms with Crippen LogP contribution in [0.15, 0.2) is 24.3 Å². The van der Waals surface area contributed by atoms with E-state index in [0.29, 0.717) is 31.2 Å². The molecule has 0 bridgehead atoms. The number of rotatable bonds is 2. The molecule has 17 heavy (non-hydrogen) atoms. The Hall–Kier alpha value is -1.42. The van der Waals surface area contributed by atoms with E-state index in [-0.39, 0.29) is 11.9 Å². The topological polar surface area (TPSA) is 63.3 Å². The summed E-state index contributed by atoms with van der Waals surface area (Å²) in [5, 5.41) is 9.46. The van der Waals surface area contributed by atoms with Gasteiger partial charge in [-0.05, 0) is 43.4 Å². The Morgan fingerprint density at radius 1 is 1.29 bits per heavy atom. The Morgan fingerprint density at radius 2 is 1.82 bits per heavy atom. The first-order valence-corrected chi connectivity index (χ1v) is 5.80. The van der Waals surface area contributed by atoms with Gasteiger partial charge in [-0.15, -0.1) is 0 Å². The van der Waals surface area contributed by atoms with Gasteiger partial charge in [-0.25, -0.2) is 4.39 Å². The van der Waals surface area contributed by atoms with Crippen LogP contribution in [0.4, 0.5) is 4.39 Å². The second-order valence-corrected chi connectivity index (χ2v) is 4.73. The first kappa shape index (κ1) is 12.0. The molecule has 92 valence electrons. The average molecular weight is 237 g/mol. The van der Waals surface area contributed by atoms with Gasteiger partial charge in [-0.1, -0.05) is 12.1 Å². The molecule has 1 aliphatic carbocycles. The normalized spacial score (nSPS) is 28.9. The Bertz CT molecular complexity index is 408. The molecule has 0 heterocycles. The molecule has 0 radical (unpaired) electrons. The van der Waals surface area contributed by atoms with E-state index in [4.69, 9.17) is 5.73 Å². The van der Waals surface area contributed by atoms with Crippen LogP contribution < -0.4 is 5.73 Å². The number of hydrogen-bond acceptors (Lipinski definition) is 2. The zero-order chi connectivity index (χ0) is 12.5. The second-order valence-electron chi connectivity index (χ2n) is 4.73. The van der Waals surface area contributed by atoms with E-state index in [1.54, 1.807) is 12.1 Å². The third-order valence-corrected chi connectivity index (χ3v) is 3.69. The molecule has 4 heteroatoms.